The van der Waals surface area contributed by atoms with Crippen LogP contribution >= 0.6 is 0 Å². The monoisotopic (exact) mass is 328 g/mol. The summed E-state index contributed by atoms with van der Waals surface area (Å²) in [4.78, 5) is 12.1. The Labute approximate surface area is 132 Å². The molecule has 1 atom stereocenters. The van der Waals surface area contributed by atoms with Crippen LogP contribution in [0, 0.1) is 0 Å². The number of sulfone groups is 1. The maximum atomic E-state index is 12.0. The van der Waals surface area contributed by atoms with Gasteiger partial charge in [-0.2, -0.15) is 0 Å². The number of ether oxygens (including phenoxy) is 1. The number of anilines is 1. The highest BCUT2D eigenvalue weighted by molar-refractivity contribution is 7.90. The maximum absolute atomic E-state index is 12.0. The molecule has 0 aliphatic carbocycles. The summed E-state index contributed by atoms with van der Waals surface area (Å²) in [6.45, 7) is 4.35. The molecule has 124 valence electrons. The van der Waals surface area contributed by atoms with Crippen LogP contribution in [0.3, 0.4) is 0 Å². The van der Waals surface area contributed by atoms with Gasteiger partial charge in [0.1, 0.15) is 11.8 Å². The molecular formula is C15H24N2O4S. The number of hydrogen-bond acceptors (Lipinski definition) is 5. The van der Waals surface area contributed by atoms with Gasteiger partial charge < -0.3 is 15.4 Å². The highest BCUT2D eigenvalue weighted by atomic mass is 32.2. The first-order valence-corrected chi connectivity index (χ1v) is 9.11. The van der Waals surface area contributed by atoms with Crippen molar-refractivity contribution in [3.05, 3.63) is 18.2 Å². The summed E-state index contributed by atoms with van der Waals surface area (Å²) < 4.78 is 28.8. The van der Waals surface area contributed by atoms with E-state index in [2.05, 4.69) is 10.6 Å². The van der Waals surface area contributed by atoms with Gasteiger partial charge in [0.2, 0.25) is 5.91 Å². The van der Waals surface area contributed by atoms with E-state index in [1.165, 1.54) is 13.2 Å². The number of hydrogen-bond donors (Lipinski definition) is 2. The lowest BCUT2D eigenvalue weighted by atomic mass is 10.2. The first kappa shape index (κ1) is 18.3. The summed E-state index contributed by atoms with van der Waals surface area (Å²) in [5.41, 5.74) is 0.390. The summed E-state index contributed by atoms with van der Waals surface area (Å²) in [6.07, 6.45) is 3.04. The van der Waals surface area contributed by atoms with E-state index in [4.69, 9.17) is 4.74 Å². The summed E-state index contributed by atoms with van der Waals surface area (Å²) >= 11 is 0. The van der Waals surface area contributed by atoms with Crippen LogP contribution in [-0.4, -0.2) is 40.3 Å². The smallest absolute Gasteiger partial charge is 0.242 e. The maximum Gasteiger partial charge on any atom is 0.242 e. The summed E-state index contributed by atoms with van der Waals surface area (Å²) in [7, 11) is -1.96. The quantitative estimate of drug-likeness (QED) is 0.711. The first-order valence-electron chi connectivity index (χ1n) is 7.22. The highest BCUT2D eigenvalue weighted by Gasteiger charge is 2.19. The van der Waals surface area contributed by atoms with Crippen LogP contribution in [0.5, 0.6) is 5.75 Å². The fourth-order valence-corrected chi connectivity index (χ4v) is 2.75. The molecule has 1 aromatic rings. The summed E-state index contributed by atoms with van der Waals surface area (Å²) in [5, 5.41) is 5.76. The van der Waals surface area contributed by atoms with Crippen molar-refractivity contribution in [2.24, 2.45) is 0 Å². The van der Waals surface area contributed by atoms with Crippen LogP contribution in [0.15, 0.2) is 23.1 Å². The summed E-state index contributed by atoms with van der Waals surface area (Å²) in [5.74, 6) is 0.287. The van der Waals surface area contributed by atoms with Gasteiger partial charge >= 0.3 is 0 Å². The minimum atomic E-state index is -3.43. The van der Waals surface area contributed by atoms with Crippen molar-refractivity contribution in [3.8, 4) is 5.75 Å². The molecule has 0 saturated carbocycles. The van der Waals surface area contributed by atoms with E-state index in [1.54, 1.807) is 19.1 Å². The number of methoxy groups -OCH3 is 1. The second-order valence-corrected chi connectivity index (χ2v) is 7.13. The molecule has 1 rings (SSSR count). The molecule has 6 nitrogen and oxygen atoms in total. The highest BCUT2D eigenvalue weighted by Crippen LogP contribution is 2.26. The molecule has 2 N–H and O–H groups in total. The number of benzene rings is 1. The summed E-state index contributed by atoms with van der Waals surface area (Å²) in [6, 6.07) is 4.16. The molecule has 0 aliphatic rings. The Morgan fingerprint density at radius 3 is 2.59 bits per heavy atom. The minimum Gasteiger partial charge on any atom is -0.497 e. The van der Waals surface area contributed by atoms with E-state index in [1.807, 2.05) is 6.92 Å². The molecule has 7 heteroatoms. The van der Waals surface area contributed by atoms with Crippen LogP contribution in [0.2, 0.25) is 0 Å². The lowest BCUT2D eigenvalue weighted by Crippen LogP contribution is -2.38. The fraction of sp³-hybridized carbons (Fsp3) is 0.533. The molecule has 0 spiro atoms. The van der Waals surface area contributed by atoms with Crippen molar-refractivity contribution in [1.29, 1.82) is 0 Å². The van der Waals surface area contributed by atoms with Crippen molar-refractivity contribution in [2.45, 2.75) is 37.6 Å². The Morgan fingerprint density at radius 1 is 1.36 bits per heavy atom. The van der Waals surface area contributed by atoms with E-state index in [0.29, 0.717) is 18.0 Å². The van der Waals surface area contributed by atoms with E-state index < -0.39 is 15.9 Å². The second kappa shape index (κ2) is 8.03. The van der Waals surface area contributed by atoms with Crippen LogP contribution in [0.1, 0.15) is 26.7 Å². The predicted octanol–water partition coefficient (Wildman–Crippen LogP) is 1.82. The van der Waals surface area contributed by atoms with Gasteiger partial charge in [0.25, 0.3) is 0 Å². The molecule has 1 unspecified atom stereocenters. The molecule has 0 heterocycles. The number of carbonyl (C=O) groups is 1. The average molecular weight is 328 g/mol. The number of nitrogens with one attached hydrogen (secondary N) is 2. The zero-order valence-electron chi connectivity index (χ0n) is 13.5. The molecule has 0 radical (unpaired) electrons. The number of unbranched alkanes of at least 4 members (excludes halogenated alkanes) is 1. The van der Waals surface area contributed by atoms with Crippen molar-refractivity contribution >= 4 is 21.4 Å². The lowest BCUT2D eigenvalue weighted by molar-refractivity contribution is -0.121. The molecule has 1 aromatic carbocycles. The Morgan fingerprint density at radius 2 is 2.05 bits per heavy atom. The molecule has 0 aromatic heterocycles. The Kier molecular flexibility index (Phi) is 6.67. The predicted molar refractivity (Wildman–Crippen MR) is 87.1 cm³/mol. The minimum absolute atomic E-state index is 0.111. The fourth-order valence-electron chi connectivity index (χ4n) is 1.90. The van der Waals surface area contributed by atoms with E-state index in [0.717, 1.165) is 19.1 Å². The Bertz CT molecular complexity index is 614. The van der Waals surface area contributed by atoms with Crippen LogP contribution in [0.4, 0.5) is 5.69 Å². The standard InChI is InChI=1S/C15H24N2O4S/c1-5-6-9-16-15(18)11(2)17-13-8-7-12(21-3)10-14(13)22(4,19)20/h7-8,10-11,17H,5-6,9H2,1-4H3,(H,16,18). The lowest BCUT2D eigenvalue weighted by Gasteiger charge is -2.18. The largest absolute Gasteiger partial charge is 0.497 e. The van der Waals surface area contributed by atoms with Crippen molar-refractivity contribution in [1.82, 2.24) is 5.32 Å². The second-order valence-electron chi connectivity index (χ2n) is 5.14. The SMILES string of the molecule is CCCCNC(=O)C(C)Nc1ccc(OC)cc1S(C)(=O)=O. The van der Waals surface area contributed by atoms with Gasteiger partial charge in [-0.05, 0) is 25.5 Å². The zero-order valence-corrected chi connectivity index (χ0v) is 14.3. The van der Waals surface area contributed by atoms with Gasteiger partial charge in [0.05, 0.1) is 17.7 Å². The van der Waals surface area contributed by atoms with Crippen LogP contribution in [0.25, 0.3) is 0 Å². The molecule has 0 saturated heterocycles. The molecule has 1 amide bonds. The molecule has 0 fully saturated rings. The van der Waals surface area contributed by atoms with Crippen molar-refractivity contribution in [3.63, 3.8) is 0 Å². The van der Waals surface area contributed by atoms with Gasteiger partial charge in [-0.15, -0.1) is 0 Å². The van der Waals surface area contributed by atoms with Gasteiger partial charge in [-0.3, -0.25) is 4.79 Å². The Balaban J connectivity index is 2.90. The number of rotatable bonds is 8. The topological polar surface area (TPSA) is 84.5 Å². The third kappa shape index (κ3) is 5.22. The molecule has 22 heavy (non-hydrogen) atoms. The average Bonchev–Trinajstić information content (AvgIpc) is 2.46. The Hall–Kier alpha value is -1.76. The van der Waals surface area contributed by atoms with Gasteiger partial charge in [-0.1, -0.05) is 13.3 Å². The van der Waals surface area contributed by atoms with Crippen molar-refractivity contribution in [2.75, 3.05) is 25.2 Å². The molecule has 0 aliphatic heterocycles. The number of amides is 1. The van der Waals surface area contributed by atoms with Crippen LogP contribution < -0.4 is 15.4 Å². The van der Waals surface area contributed by atoms with Crippen molar-refractivity contribution < 1.29 is 17.9 Å². The van der Waals surface area contributed by atoms with Gasteiger partial charge in [-0.25, -0.2) is 8.42 Å². The number of carbonyl (C=O) groups excluding carboxylic acids is 1. The molecular weight excluding hydrogens is 304 g/mol. The molecule has 0 bridgehead atoms. The zero-order chi connectivity index (χ0) is 16.8. The van der Waals surface area contributed by atoms with E-state index >= 15 is 0 Å². The van der Waals surface area contributed by atoms with Gasteiger partial charge in [0, 0.05) is 18.9 Å². The third-order valence-electron chi connectivity index (χ3n) is 3.18. The van der Waals surface area contributed by atoms with Gasteiger partial charge in [0.15, 0.2) is 9.84 Å². The van der Waals surface area contributed by atoms with Crippen LogP contribution in [-0.2, 0) is 14.6 Å². The van der Waals surface area contributed by atoms with E-state index in [9.17, 15) is 13.2 Å². The van der Waals surface area contributed by atoms with E-state index in [-0.39, 0.29) is 10.8 Å². The normalized spacial score (nSPS) is 12.5. The third-order valence-corrected chi connectivity index (χ3v) is 4.32. The first-order chi connectivity index (χ1) is 10.3.